The lowest BCUT2D eigenvalue weighted by atomic mass is 9.97. The Morgan fingerprint density at radius 3 is 2.57 bits per heavy atom. The molecule has 112 valence electrons. The predicted molar refractivity (Wildman–Crippen MR) is 82.4 cm³/mol. The molecule has 1 aromatic carbocycles. The van der Waals surface area contributed by atoms with E-state index >= 15 is 0 Å². The van der Waals surface area contributed by atoms with Crippen LogP contribution >= 0.6 is 0 Å². The third kappa shape index (κ3) is 2.47. The molecule has 0 saturated carbocycles. The van der Waals surface area contributed by atoms with Gasteiger partial charge in [0.1, 0.15) is 0 Å². The second-order valence-corrected chi connectivity index (χ2v) is 5.62. The summed E-state index contributed by atoms with van der Waals surface area (Å²) in [5.41, 5.74) is 2.37. The van der Waals surface area contributed by atoms with Crippen molar-refractivity contribution in [3.63, 3.8) is 0 Å². The molecule has 1 aliphatic rings. The molecule has 2 N–H and O–H groups in total. The van der Waals surface area contributed by atoms with Crippen LogP contribution in [0, 0.1) is 5.92 Å². The molecule has 0 spiro atoms. The van der Waals surface area contributed by atoms with Crippen LogP contribution in [-0.4, -0.2) is 28.1 Å². The van der Waals surface area contributed by atoms with Gasteiger partial charge in [-0.1, -0.05) is 0 Å². The van der Waals surface area contributed by atoms with E-state index in [9.17, 15) is 9.59 Å². The fraction of sp³-hybridized carbons (Fsp3) is 0.467. The lowest BCUT2D eigenvalue weighted by Crippen LogP contribution is -2.34. The van der Waals surface area contributed by atoms with E-state index in [1.807, 2.05) is 18.2 Å². The summed E-state index contributed by atoms with van der Waals surface area (Å²) in [4.78, 5) is 24.1. The Hall–Kier alpha value is -2.08. The summed E-state index contributed by atoms with van der Waals surface area (Å²) in [5.74, 6) is 0.137. The molecule has 1 amide bonds. The van der Waals surface area contributed by atoms with E-state index in [0.717, 1.165) is 42.7 Å². The molecule has 2 aromatic rings. The quantitative estimate of drug-likeness (QED) is 0.859. The Kier molecular flexibility index (Phi) is 3.55. The van der Waals surface area contributed by atoms with Crippen molar-refractivity contribution in [2.24, 2.45) is 20.0 Å². The average Bonchev–Trinajstić information content (AvgIpc) is 2.73. The second-order valence-electron chi connectivity index (χ2n) is 5.62. The Labute approximate surface area is 122 Å². The van der Waals surface area contributed by atoms with Crippen LogP contribution in [-0.2, 0) is 18.9 Å². The zero-order chi connectivity index (χ0) is 15.0. The van der Waals surface area contributed by atoms with E-state index in [1.165, 1.54) is 0 Å². The number of carbonyl (C=O) groups is 1. The summed E-state index contributed by atoms with van der Waals surface area (Å²) in [6, 6.07) is 5.57. The number of hydrogen-bond donors (Lipinski definition) is 2. The summed E-state index contributed by atoms with van der Waals surface area (Å²) in [6.45, 7) is 1.79. The van der Waals surface area contributed by atoms with Gasteiger partial charge in [-0.3, -0.25) is 13.9 Å². The number of aromatic nitrogens is 2. The lowest BCUT2D eigenvalue weighted by Gasteiger charge is -2.21. The number of amides is 1. The zero-order valence-electron chi connectivity index (χ0n) is 12.3. The van der Waals surface area contributed by atoms with Gasteiger partial charge in [0.25, 0.3) is 0 Å². The predicted octanol–water partition coefficient (Wildman–Crippen LogP) is 0.815. The van der Waals surface area contributed by atoms with Crippen molar-refractivity contribution in [2.45, 2.75) is 12.8 Å². The smallest absolute Gasteiger partial charge is 0.326 e. The van der Waals surface area contributed by atoms with Gasteiger partial charge in [-0.15, -0.1) is 0 Å². The van der Waals surface area contributed by atoms with Crippen LogP contribution in [0.3, 0.4) is 0 Å². The van der Waals surface area contributed by atoms with Crippen molar-refractivity contribution in [1.82, 2.24) is 14.5 Å². The van der Waals surface area contributed by atoms with Gasteiger partial charge in [-0.25, -0.2) is 4.79 Å². The van der Waals surface area contributed by atoms with E-state index in [-0.39, 0.29) is 17.5 Å². The first-order valence-electron chi connectivity index (χ1n) is 7.25. The SMILES string of the molecule is Cn1c(=O)n(C)c2cc(NC(=O)C3CCNCC3)ccc21. The summed E-state index contributed by atoms with van der Waals surface area (Å²) < 4.78 is 3.20. The molecular formula is C15H20N4O2. The van der Waals surface area contributed by atoms with Gasteiger partial charge in [0.2, 0.25) is 5.91 Å². The van der Waals surface area contributed by atoms with E-state index < -0.39 is 0 Å². The molecule has 1 fully saturated rings. The van der Waals surface area contributed by atoms with E-state index in [0.29, 0.717) is 0 Å². The maximum Gasteiger partial charge on any atom is 0.328 e. The molecule has 0 unspecified atom stereocenters. The molecule has 0 aliphatic carbocycles. The normalized spacial score (nSPS) is 16.3. The monoisotopic (exact) mass is 288 g/mol. The fourth-order valence-electron chi connectivity index (χ4n) is 2.91. The molecule has 6 nitrogen and oxygen atoms in total. The maximum atomic E-state index is 12.2. The molecule has 6 heteroatoms. The van der Waals surface area contributed by atoms with Crippen molar-refractivity contribution in [2.75, 3.05) is 18.4 Å². The van der Waals surface area contributed by atoms with E-state index in [4.69, 9.17) is 0 Å². The third-order valence-corrected chi connectivity index (χ3v) is 4.25. The molecule has 2 heterocycles. The van der Waals surface area contributed by atoms with Crippen LogP contribution in [0.4, 0.5) is 5.69 Å². The van der Waals surface area contributed by atoms with Crippen LogP contribution in [0.5, 0.6) is 0 Å². The Morgan fingerprint density at radius 1 is 1.19 bits per heavy atom. The summed E-state index contributed by atoms with van der Waals surface area (Å²) in [5, 5.41) is 6.22. The van der Waals surface area contributed by atoms with Gasteiger partial charge in [0.15, 0.2) is 0 Å². The van der Waals surface area contributed by atoms with Gasteiger partial charge in [-0.2, -0.15) is 0 Å². The third-order valence-electron chi connectivity index (χ3n) is 4.25. The first kappa shape index (κ1) is 13.9. The van der Waals surface area contributed by atoms with Gasteiger partial charge in [0.05, 0.1) is 11.0 Å². The van der Waals surface area contributed by atoms with E-state index in [1.54, 1.807) is 23.2 Å². The number of nitrogens with one attached hydrogen (secondary N) is 2. The van der Waals surface area contributed by atoms with Crippen LogP contribution in [0.15, 0.2) is 23.0 Å². The molecule has 1 aromatic heterocycles. The minimum Gasteiger partial charge on any atom is -0.326 e. The standard InChI is InChI=1S/C15H20N4O2/c1-18-12-4-3-11(9-13(12)19(2)15(18)21)17-14(20)10-5-7-16-8-6-10/h3-4,9-10,16H,5-8H2,1-2H3,(H,17,20). The molecule has 3 rings (SSSR count). The number of carbonyl (C=O) groups excluding carboxylic acids is 1. The van der Waals surface area contributed by atoms with Crippen LogP contribution < -0.4 is 16.3 Å². The fourth-order valence-corrected chi connectivity index (χ4v) is 2.91. The zero-order valence-corrected chi connectivity index (χ0v) is 12.3. The topological polar surface area (TPSA) is 68.1 Å². The second kappa shape index (κ2) is 5.37. The molecule has 0 bridgehead atoms. The van der Waals surface area contributed by atoms with Gasteiger partial charge >= 0.3 is 5.69 Å². The van der Waals surface area contributed by atoms with Crippen molar-refractivity contribution in [1.29, 1.82) is 0 Å². The highest BCUT2D eigenvalue weighted by Crippen LogP contribution is 2.20. The first-order valence-corrected chi connectivity index (χ1v) is 7.25. The molecule has 1 saturated heterocycles. The van der Waals surface area contributed by atoms with Gasteiger partial charge in [0, 0.05) is 25.7 Å². The number of benzene rings is 1. The van der Waals surface area contributed by atoms with Crippen LogP contribution in [0.2, 0.25) is 0 Å². The molecule has 0 atom stereocenters. The van der Waals surface area contributed by atoms with Crippen molar-refractivity contribution < 1.29 is 4.79 Å². The van der Waals surface area contributed by atoms with Crippen LogP contribution in [0.1, 0.15) is 12.8 Å². The van der Waals surface area contributed by atoms with E-state index in [2.05, 4.69) is 10.6 Å². The lowest BCUT2D eigenvalue weighted by molar-refractivity contribution is -0.120. The minimum absolute atomic E-state index is 0.0631. The molecule has 21 heavy (non-hydrogen) atoms. The summed E-state index contributed by atoms with van der Waals surface area (Å²) >= 11 is 0. The van der Waals surface area contributed by atoms with Gasteiger partial charge in [-0.05, 0) is 44.1 Å². The highest BCUT2D eigenvalue weighted by atomic mass is 16.2. The Balaban J connectivity index is 1.86. The van der Waals surface area contributed by atoms with Crippen LogP contribution in [0.25, 0.3) is 11.0 Å². The number of fused-ring (bicyclic) bond motifs is 1. The number of piperidine rings is 1. The van der Waals surface area contributed by atoms with Crippen molar-refractivity contribution in [3.8, 4) is 0 Å². The Bertz CT molecular complexity index is 738. The number of imidazole rings is 1. The summed E-state index contributed by atoms with van der Waals surface area (Å²) in [6.07, 6.45) is 1.75. The van der Waals surface area contributed by atoms with Crippen molar-refractivity contribution >= 4 is 22.6 Å². The number of anilines is 1. The highest BCUT2D eigenvalue weighted by Gasteiger charge is 2.21. The Morgan fingerprint density at radius 2 is 1.86 bits per heavy atom. The number of aryl methyl sites for hydroxylation is 2. The minimum atomic E-state index is -0.0631. The largest absolute Gasteiger partial charge is 0.328 e. The number of rotatable bonds is 2. The van der Waals surface area contributed by atoms with Crippen molar-refractivity contribution in [3.05, 3.63) is 28.7 Å². The number of nitrogens with zero attached hydrogens (tertiary/aromatic N) is 2. The van der Waals surface area contributed by atoms with Gasteiger partial charge < -0.3 is 10.6 Å². The first-order chi connectivity index (χ1) is 10.1. The molecule has 1 aliphatic heterocycles. The molecule has 0 radical (unpaired) electrons. The maximum absolute atomic E-state index is 12.2. The number of hydrogen-bond acceptors (Lipinski definition) is 3. The summed E-state index contributed by atoms with van der Waals surface area (Å²) in [7, 11) is 3.49. The highest BCUT2D eigenvalue weighted by molar-refractivity contribution is 5.94. The molecular weight excluding hydrogens is 268 g/mol. The average molecular weight is 288 g/mol.